The summed E-state index contributed by atoms with van der Waals surface area (Å²) >= 11 is 1.42. The number of aliphatic imine (C=N–C) groups is 1. The molecule has 0 aliphatic carbocycles. The fraction of sp³-hybridized carbons (Fsp3) is 0.222. The Kier molecular flexibility index (Phi) is 5.87. The Morgan fingerprint density at radius 1 is 1.12 bits per heavy atom. The fourth-order valence-electron chi connectivity index (χ4n) is 4.23. The Labute approximate surface area is 203 Å². The molecule has 34 heavy (non-hydrogen) atoms. The molecular formula is C27H26N4O2S. The van der Waals surface area contributed by atoms with Gasteiger partial charge < -0.3 is 9.30 Å². The molecule has 3 heterocycles. The van der Waals surface area contributed by atoms with Gasteiger partial charge in [0.1, 0.15) is 11.6 Å². The van der Waals surface area contributed by atoms with E-state index in [2.05, 4.69) is 41.7 Å². The van der Waals surface area contributed by atoms with E-state index in [4.69, 9.17) is 10.1 Å². The van der Waals surface area contributed by atoms with Gasteiger partial charge in [0, 0.05) is 40.3 Å². The number of aryl methyl sites for hydroxylation is 2. The second-order valence-electron chi connectivity index (χ2n) is 8.51. The van der Waals surface area contributed by atoms with E-state index in [9.17, 15) is 4.79 Å². The second kappa shape index (κ2) is 8.99. The molecule has 6 nitrogen and oxygen atoms in total. The van der Waals surface area contributed by atoms with Gasteiger partial charge in [-0.2, -0.15) is 4.99 Å². The molecule has 1 aromatic heterocycles. The number of carbonyl (C=O) groups is 1. The lowest BCUT2D eigenvalue weighted by Gasteiger charge is -2.22. The lowest BCUT2D eigenvalue weighted by molar-refractivity contribution is -0.114. The van der Waals surface area contributed by atoms with Crippen molar-refractivity contribution >= 4 is 45.7 Å². The second-order valence-corrected chi connectivity index (χ2v) is 9.73. The number of fused-ring (bicyclic) bond motifs is 2. The number of thioether (sulfide) groups is 1. The summed E-state index contributed by atoms with van der Waals surface area (Å²) in [4.78, 5) is 19.6. The summed E-state index contributed by atoms with van der Waals surface area (Å²) in [6, 6.07) is 14.3. The molecule has 172 valence electrons. The summed E-state index contributed by atoms with van der Waals surface area (Å²) < 4.78 is 8.22. The van der Waals surface area contributed by atoms with Crippen LogP contribution >= 0.6 is 11.8 Å². The van der Waals surface area contributed by atoms with Crippen LogP contribution in [0, 0.1) is 19.3 Å². The van der Waals surface area contributed by atoms with Gasteiger partial charge in [0.05, 0.1) is 12.2 Å². The van der Waals surface area contributed by atoms with Gasteiger partial charge in [-0.15, -0.1) is 0 Å². The Morgan fingerprint density at radius 3 is 2.79 bits per heavy atom. The molecule has 3 aromatic rings. The summed E-state index contributed by atoms with van der Waals surface area (Å²) in [5, 5.41) is 10.2. The molecule has 0 saturated carbocycles. The maximum atomic E-state index is 12.7. The Bertz CT molecular complexity index is 1410. The van der Waals surface area contributed by atoms with Gasteiger partial charge in [-0.3, -0.25) is 15.1 Å². The number of hydrogen-bond acceptors (Lipinski definition) is 4. The smallest absolute Gasteiger partial charge is 0.283 e. The van der Waals surface area contributed by atoms with Crippen LogP contribution in [0.15, 0.2) is 70.3 Å². The molecule has 2 aromatic carbocycles. The van der Waals surface area contributed by atoms with Crippen molar-refractivity contribution in [3.05, 3.63) is 82.0 Å². The topological polar surface area (TPSA) is 70.7 Å². The number of hydrogen-bond donors (Lipinski definition) is 1. The number of aromatic nitrogens is 1. The highest BCUT2D eigenvalue weighted by Crippen LogP contribution is 2.33. The lowest BCUT2D eigenvalue weighted by atomic mass is 10.1. The minimum Gasteiger partial charge on any atom is -0.493 e. The zero-order valence-electron chi connectivity index (χ0n) is 19.5. The summed E-state index contributed by atoms with van der Waals surface area (Å²) in [5.74, 6) is 0.727. The van der Waals surface area contributed by atoms with E-state index in [1.165, 1.54) is 22.9 Å². The van der Waals surface area contributed by atoms with Crippen LogP contribution in [-0.2, 0) is 11.3 Å². The molecular weight excluding hydrogens is 444 g/mol. The molecule has 2 aliphatic heterocycles. The highest BCUT2D eigenvalue weighted by atomic mass is 32.2. The molecule has 0 saturated heterocycles. The molecule has 1 amide bonds. The predicted octanol–water partition coefficient (Wildman–Crippen LogP) is 5.89. The van der Waals surface area contributed by atoms with Crippen molar-refractivity contribution < 1.29 is 9.53 Å². The number of benzene rings is 2. The Hall–Kier alpha value is -3.58. The van der Waals surface area contributed by atoms with E-state index in [0.29, 0.717) is 17.3 Å². The third-order valence-corrected chi connectivity index (χ3v) is 7.07. The first-order valence-corrected chi connectivity index (χ1v) is 12.1. The van der Waals surface area contributed by atoms with Gasteiger partial charge in [-0.05, 0) is 56.5 Å². The van der Waals surface area contributed by atoms with Crippen LogP contribution in [0.3, 0.4) is 0 Å². The van der Waals surface area contributed by atoms with E-state index in [0.717, 1.165) is 40.1 Å². The van der Waals surface area contributed by atoms with Gasteiger partial charge in [-0.25, -0.2) is 0 Å². The molecule has 0 spiro atoms. The SMILES string of the molecule is CC1=CN2C(=N)C(=Cc3cn(CCCOc4cccc(C)c4C)c4ccccc34)C(=O)N=C2S1. The van der Waals surface area contributed by atoms with E-state index < -0.39 is 0 Å². The number of amides is 1. The van der Waals surface area contributed by atoms with Crippen LogP contribution in [-0.4, -0.2) is 33.0 Å². The minimum atomic E-state index is -0.370. The number of rotatable bonds is 6. The monoisotopic (exact) mass is 470 g/mol. The maximum absolute atomic E-state index is 12.7. The highest BCUT2D eigenvalue weighted by Gasteiger charge is 2.33. The number of allylic oxidation sites excluding steroid dienone is 1. The molecule has 0 fully saturated rings. The maximum Gasteiger partial charge on any atom is 0.283 e. The number of nitrogens with zero attached hydrogens (tertiary/aromatic N) is 3. The molecule has 2 aliphatic rings. The average Bonchev–Trinajstić information content (AvgIpc) is 3.37. The normalized spacial score (nSPS) is 16.8. The first kappa shape index (κ1) is 22.2. The van der Waals surface area contributed by atoms with Crippen molar-refractivity contribution in [1.29, 1.82) is 5.41 Å². The van der Waals surface area contributed by atoms with Crippen molar-refractivity contribution in [2.45, 2.75) is 33.7 Å². The number of carbonyl (C=O) groups excluding carboxylic acids is 1. The number of amidine groups is 2. The third kappa shape index (κ3) is 4.07. The summed E-state index contributed by atoms with van der Waals surface area (Å²) in [5.41, 5.74) is 4.70. The van der Waals surface area contributed by atoms with Gasteiger partial charge >= 0.3 is 0 Å². The van der Waals surface area contributed by atoms with E-state index in [-0.39, 0.29) is 11.7 Å². The average molecular weight is 471 g/mol. The van der Waals surface area contributed by atoms with Crippen molar-refractivity contribution in [1.82, 2.24) is 9.47 Å². The van der Waals surface area contributed by atoms with Crippen molar-refractivity contribution in [3.8, 4) is 5.75 Å². The van der Waals surface area contributed by atoms with Crippen LogP contribution in [0.25, 0.3) is 17.0 Å². The van der Waals surface area contributed by atoms with E-state index >= 15 is 0 Å². The first-order chi connectivity index (χ1) is 16.4. The summed E-state index contributed by atoms with van der Waals surface area (Å²) in [6.45, 7) is 7.52. The third-order valence-electron chi connectivity index (χ3n) is 6.17. The van der Waals surface area contributed by atoms with Crippen LogP contribution < -0.4 is 4.74 Å². The minimum absolute atomic E-state index is 0.165. The van der Waals surface area contributed by atoms with Gasteiger partial charge in [0.25, 0.3) is 5.91 Å². The molecule has 7 heteroatoms. The van der Waals surface area contributed by atoms with Crippen LogP contribution in [0.5, 0.6) is 5.75 Å². The quantitative estimate of drug-likeness (QED) is 0.360. The Balaban J connectivity index is 1.37. The van der Waals surface area contributed by atoms with E-state index in [1.807, 2.05) is 43.5 Å². The van der Waals surface area contributed by atoms with Gasteiger partial charge in [-0.1, -0.05) is 42.1 Å². The standard InChI is InChI=1S/C27H26N4O2S/c1-17-8-6-11-24(19(17)3)33-13-7-12-30-16-20(21-9-4-5-10-23(21)30)14-22-25(28)31-15-18(2)34-27(31)29-26(22)32/h4-6,8-11,14-16,28H,7,12-13H2,1-3H3. The predicted molar refractivity (Wildman–Crippen MR) is 139 cm³/mol. The number of para-hydroxylation sites is 1. The summed E-state index contributed by atoms with van der Waals surface area (Å²) in [7, 11) is 0. The van der Waals surface area contributed by atoms with Crippen molar-refractivity contribution in [3.63, 3.8) is 0 Å². The van der Waals surface area contributed by atoms with Crippen LogP contribution in [0.1, 0.15) is 30.0 Å². The molecule has 0 bridgehead atoms. The highest BCUT2D eigenvalue weighted by molar-refractivity contribution is 8.17. The van der Waals surface area contributed by atoms with Gasteiger partial charge in [0.15, 0.2) is 5.17 Å². The Morgan fingerprint density at radius 2 is 1.94 bits per heavy atom. The zero-order chi connectivity index (χ0) is 23.8. The number of ether oxygens (including phenoxy) is 1. The fourth-order valence-corrected chi connectivity index (χ4v) is 5.05. The van der Waals surface area contributed by atoms with Crippen LogP contribution in [0.4, 0.5) is 0 Å². The van der Waals surface area contributed by atoms with Crippen molar-refractivity contribution in [2.24, 2.45) is 4.99 Å². The zero-order valence-corrected chi connectivity index (χ0v) is 20.3. The first-order valence-electron chi connectivity index (χ1n) is 11.3. The molecule has 0 radical (unpaired) electrons. The van der Waals surface area contributed by atoms with Crippen molar-refractivity contribution in [2.75, 3.05) is 6.61 Å². The molecule has 0 unspecified atom stereocenters. The number of nitrogens with one attached hydrogen (secondary N) is 1. The summed E-state index contributed by atoms with van der Waals surface area (Å²) in [6.07, 6.45) is 6.54. The molecule has 5 rings (SSSR count). The molecule has 1 N–H and O–H groups in total. The van der Waals surface area contributed by atoms with Crippen LogP contribution in [0.2, 0.25) is 0 Å². The molecule has 0 atom stereocenters. The van der Waals surface area contributed by atoms with Gasteiger partial charge in [0.2, 0.25) is 0 Å². The largest absolute Gasteiger partial charge is 0.493 e. The lowest BCUT2D eigenvalue weighted by Crippen LogP contribution is -2.35. The van der Waals surface area contributed by atoms with E-state index in [1.54, 1.807) is 11.0 Å².